The minimum absolute atomic E-state index is 0.132. The maximum Gasteiger partial charge on any atom is 0.234 e. The van der Waals surface area contributed by atoms with Crippen molar-refractivity contribution in [2.75, 3.05) is 11.1 Å². The zero-order valence-electron chi connectivity index (χ0n) is 18.1. The van der Waals surface area contributed by atoms with Crippen LogP contribution in [-0.2, 0) is 18.4 Å². The van der Waals surface area contributed by atoms with Gasteiger partial charge >= 0.3 is 0 Å². The Kier molecular flexibility index (Phi) is 6.67. The van der Waals surface area contributed by atoms with Crippen molar-refractivity contribution < 1.29 is 9.53 Å². The van der Waals surface area contributed by atoms with Gasteiger partial charge in [-0.3, -0.25) is 4.79 Å². The predicted molar refractivity (Wildman–Crippen MR) is 130 cm³/mol. The normalized spacial score (nSPS) is 11.0. The zero-order chi connectivity index (χ0) is 22.7. The Balaban J connectivity index is 1.37. The van der Waals surface area contributed by atoms with Crippen molar-refractivity contribution in [2.45, 2.75) is 25.6 Å². The van der Waals surface area contributed by atoms with Crippen LogP contribution in [0.5, 0.6) is 5.75 Å². The molecule has 0 radical (unpaired) electrons. The highest BCUT2D eigenvalue weighted by Crippen LogP contribution is 2.28. The third kappa shape index (κ3) is 4.89. The summed E-state index contributed by atoms with van der Waals surface area (Å²) in [5.41, 5.74) is 2.75. The molecule has 164 valence electrons. The highest BCUT2D eigenvalue weighted by Gasteiger charge is 2.14. The Hall–Kier alpha value is -3.03. The van der Waals surface area contributed by atoms with Gasteiger partial charge in [0.1, 0.15) is 12.4 Å². The Labute approximate surface area is 195 Å². The van der Waals surface area contributed by atoms with Crippen molar-refractivity contribution in [1.29, 1.82) is 0 Å². The number of amides is 1. The molecule has 32 heavy (non-hydrogen) atoms. The van der Waals surface area contributed by atoms with Gasteiger partial charge < -0.3 is 14.6 Å². The molecule has 0 aliphatic carbocycles. The molecule has 1 heterocycles. The average Bonchev–Trinajstić information content (AvgIpc) is 3.14. The highest BCUT2D eigenvalue weighted by molar-refractivity contribution is 7.99. The summed E-state index contributed by atoms with van der Waals surface area (Å²) < 4.78 is 7.88. The second kappa shape index (κ2) is 9.63. The van der Waals surface area contributed by atoms with Gasteiger partial charge in [-0.05, 0) is 53.9 Å². The summed E-state index contributed by atoms with van der Waals surface area (Å²) in [4.78, 5) is 12.4. The molecule has 8 heteroatoms. The molecule has 0 aliphatic heterocycles. The number of hydrogen-bond donors (Lipinski definition) is 1. The smallest absolute Gasteiger partial charge is 0.234 e. The van der Waals surface area contributed by atoms with E-state index in [4.69, 9.17) is 16.3 Å². The van der Waals surface area contributed by atoms with E-state index in [0.29, 0.717) is 21.7 Å². The topological polar surface area (TPSA) is 69.0 Å². The molecule has 1 N–H and O–H groups in total. The number of aryl methyl sites for hydroxylation is 2. The number of nitrogens with zero attached hydrogens (tertiary/aromatic N) is 3. The second-order valence-electron chi connectivity index (χ2n) is 7.45. The van der Waals surface area contributed by atoms with E-state index >= 15 is 0 Å². The first-order chi connectivity index (χ1) is 15.4. The van der Waals surface area contributed by atoms with E-state index in [-0.39, 0.29) is 18.3 Å². The molecular weight excluding hydrogens is 444 g/mol. The fourth-order valence-corrected chi connectivity index (χ4v) is 4.25. The van der Waals surface area contributed by atoms with Crippen LogP contribution in [0.25, 0.3) is 10.8 Å². The predicted octanol–water partition coefficient (Wildman–Crippen LogP) is 5.55. The van der Waals surface area contributed by atoms with Crippen molar-refractivity contribution in [3.63, 3.8) is 0 Å². The van der Waals surface area contributed by atoms with Crippen molar-refractivity contribution in [3.05, 3.63) is 76.6 Å². The fourth-order valence-electron chi connectivity index (χ4n) is 3.35. The monoisotopic (exact) mass is 466 g/mol. The number of fused-ring (bicyclic) bond motifs is 1. The SMILES string of the molecule is Cc1ccc(Cl)cc1NC(=O)CSc1nnc(COc2ccc3ccccc3c2C)n1C. The largest absolute Gasteiger partial charge is 0.485 e. The lowest BCUT2D eigenvalue weighted by molar-refractivity contribution is -0.113. The van der Waals surface area contributed by atoms with Crippen molar-refractivity contribution in [3.8, 4) is 5.75 Å². The summed E-state index contributed by atoms with van der Waals surface area (Å²) in [6.07, 6.45) is 0. The summed E-state index contributed by atoms with van der Waals surface area (Å²) >= 11 is 7.34. The van der Waals surface area contributed by atoms with Crippen LogP contribution in [0, 0.1) is 13.8 Å². The lowest BCUT2D eigenvalue weighted by atomic mass is 10.0. The van der Waals surface area contributed by atoms with Crippen LogP contribution >= 0.6 is 23.4 Å². The Bertz CT molecular complexity index is 1290. The van der Waals surface area contributed by atoms with Gasteiger partial charge in [0, 0.05) is 17.8 Å². The quantitative estimate of drug-likeness (QED) is 0.362. The fraction of sp³-hybridized carbons (Fsp3) is 0.208. The molecule has 6 nitrogen and oxygen atoms in total. The van der Waals surface area contributed by atoms with E-state index in [1.54, 1.807) is 12.1 Å². The lowest BCUT2D eigenvalue weighted by Gasteiger charge is -2.11. The van der Waals surface area contributed by atoms with Crippen LogP contribution in [0.15, 0.2) is 59.8 Å². The number of hydrogen-bond acceptors (Lipinski definition) is 5. The number of rotatable bonds is 7. The summed E-state index contributed by atoms with van der Waals surface area (Å²) in [5.74, 6) is 1.58. The maximum atomic E-state index is 12.4. The van der Waals surface area contributed by atoms with E-state index < -0.39 is 0 Å². The van der Waals surface area contributed by atoms with Crippen LogP contribution in [0.2, 0.25) is 5.02 Å². The third-order valence-corrected chi connectivity index (χ3v) is 6.49. The first-order valence-electron chi connectivity index (χ1n) is 10.1. The number of nitrogens with one attached hydrogen (secondary N) is 1. The summed E-state index contributed by atoms with van der Waals surface area (Å²) in [7, 11) is 1.87. The molecule has 0 aliphatic rings. The third-order valence-electron chi connectivity index (χ3n) is 5.24. The Morgan fingerprint density at radius 3 is 2.78 bits per heavy atom. The molecular formula is C24H23ClN4O2S. The Morgan fingerprint density at radius 1 is 1.12 bits per heavy atom. The van der Waals surface area contributed by atoms with Gasteiger partial charge in [0.05, 0.1) is 5.75 Å². The van der Waals surface area contributed by atoms with Crippen molar-refractivity contribution >= 4 is 45.7 Å². The molecule has 0 saturated carbocycles. The number of carbonyl (C=O) groups is 1. The van der Waals surface area contributed by atoms with Crippen LogP contribution in [-0.4, -0.2) is 26.4 Å². The molecule has 4 aromatic rings. The summed E-state index contributed by atoms with van der Waals surface area (Å²) in [6, 6.07) is 17.7. The second-order valence-corrected chi connectivity index (χ2v) is 8.83. The van der Waals surface area contributed by atoms with Crippen LogP contribution in [0.4, 0.5) is 5.69 Å². The standard InChI is InChI=1S/C24H23ClN4O2S/c1-15-8-10-18(25)12-20(15)26-23(30)14-32-24-28-27-22(29(24)3)13-31-21-11-9-17-6-4-5-7-19(17)16(21)2/h4-12H,13-14H2,1-3H3,(H,26,30). The number of halogens is 1. The molecule has 1 aromatic heterocycles. The van der Waals surface area contributed by atoms with Gasteiger partial charge in [0.15, 0.2) is 11.0 Å². The van der Waals surface area contributed by atoms with Gasteiger partial charge in [-0.2, -0.15) is 0 Å². The van der Waals surface area contributed by atoms with E-state index in [1.165, 1.54) is 22.5 Å². The molecule has 0 bridgehead atoms. The molecule has 4 rings (SSSR count). The molecule has 0 spiro atoms. The molecule has 0 fully saturated rings. The Morgan fingerprint density at radius 2 is 1.94 bits per heavy atom. The van der Waals surface area contributed by atoms with Crippen LogP contribution in [0.1, 0.15) is 17.0 Å². The van der Waals surface area contributed by atoms with Crippen LogP contribution in [0.3, 0.4) is 0 Å². The highest BCUT2D eigenvalue weighted by atomic mass is 35.5. The van der Waals surface area contributed by atoms with Crippen molar-refractivity contribution in [1.82, 2.24) is 14.8 Å². The number of carbonyl (C=O) groups excluding carboxylic acids is 1. The zero-order valence-corrected chi connectivity index (χ0v) is 19.6. The van der Waals surface area contributed by atoms with Gasteiger partial charge in [0.2, 0.25) is 5.91 Å². The molecule has 0 saturated heterocycles. The number of anilines is 1. The van der Waals surface area contributed by atoms with E-state index in [0.717, 1.165) is 16.9 Å². The number of thioether (sulfide) groups is 1. The van der Waals surface area contributed by atoms with Crippen LogP contribution < -0.4 is 10.1 Å². The first kappa shape index (κ1) is 22.2. The summed E-state index contributed by atoms with van der Waals surface area (Å²) in [5, 5.41) is 14.9. The first-order valence-corrected chi connectivity index (χ1v) is 11.5. The average molecular weight is 467 g/mol. The van der Waals surface area contributed by atoms with E-state index in [1.807, 2.05) is 42.8 Å². The van der Waals surface area contributed by atoms with Crippen molar-refractivity contribution in [2.24, 2.45) is 7.05 Å². The van der Waals surface area contributed by atoms with E-state index in [2.05, 4.69) is 40.6 Å². The minimum atomic E-state index is -0.132. The number of ether oxygens (including phenoxy) is 1. The molecule has 0 unspecified atom stereocenters. The van der Waals surface area contributed by atoms with Gasteiger partial charge in [-0.25, -0.2) is 0 Å². The molecule has 3 aromatic carbocycles. The van der Waals surface area contributed by atoms with Gasteiger partial charge in [-0.15, -0.1) is 10.2 Å². The maximum absolute atomic E-state index is 12.4. The van der Waals surface area contributed by atoms with Gasteiger partial charge in [-0.1, -0.05) is 59.8 Å². The summed E-state index contributed by atoms with van der Waals surface area (Å²) in [6.45, 7) is 4.26. The number of aromatic nitrogens is 3. The molecule has 0 atom stereocenters. The minimum Gasteiger partial charge on any atom is -0.485 e. The van der Waals surface area contributed by atoms with E-state index in [9.17, 15) is 4.79 Å². The number of benzene rings is 3. The lowest BCUT2D eigenvalue weighted by Crippen LogP contribution is -2.15. The molecule has 1 amide bonds. The van der Waals surface area contributed by atoms with Gasteiger partial charge in [0.25, 0.3) is 0 Å².